The largest absolute Gasteiger partial charge is 0.494 e. The van der Waals surface area contributed by atoms with Gasteiger partial charge in [0.1, 0.15) is 17.4 Å². The number of benzene rings is 2. The predicted molar refractivity (Wildman–Crippen MR) is 94.2 cm³/mol. The Hall–Kier alpha value is -3.06. The standard InChI is InChI=1S/C20H20N2O2/c1-3-24-19-11-7-8-16(13-19)12-18(14-21)20(23)22-15(2)17-9-5-4-6-10-17/h4-13,15H,3H2,1-2H3,(H,22,23)/b18-12+/t15-/m0/s1. The number of nitrogens with one attached hydrogen (secondary N) is 1. The third-order valence-corrected chi connectivity index (χ3v) is 3.49. The molecule has 1 N–H and O–H groups in total. The van der Waals surface area contributed by atoms with Crippen LogP contribution in [0, 0.1) is 11.3 Å². The van der Waals surface area contributed by atoms with Crippen molar-refractivity contribution < 1.29 is 9.53 Å². The van der Waals surface area contributed by atoms with Gasteiger partial charge in [0.05, 0.1) is 12.6 Å². The first-order valence-electron chi connectivity index (χ1n) is 7.84. The van der Waals surface area contributed by atoms with Crippen molar-refractivity contribution >= 4 is 12.0 Å². The second-order valence-corrected chi connectivity index (χ2v) is 5.28. The number of nitriles is 1. The number of hydrogen-bond acceptors (Lipinski definition) is 3. The SMILES string of the molecule is CCOc1cccc(/C=C(\C#N)C(=O)N[C@@H](C)c2ccccc2)c1. The van der Waals surface area contributed by atoms with Crippen molar-refractivity contribution in [2.45, 2.75) is 19.9 Å². The Morgan fingerprint density at radius 3 is 2.67 bits per heavy atom. The van der Waals surface area contributed by atoms with Gasteiger partial charge in [-0.25, -0.2) is 0 Å². The first kappa shape index (κ1) is 17.3. The Balaban J connectivity index is 2.14. The topological polar surface area (TPSA) is 62.1 Å². The van der Waals surface area contributed by atoms with E-state index in [4.69, 9.17) is 4.74 Å². The molecule has 0 fully saturated rings. The highest BCUT2D eigenvalue weighted by Crippen LogP contribution is 2.17. The van der Waals surface area contributed by atoms with Gasteiger partial charge in [-0.3, -0.25) is 4.79 Å². The van der Waals surface area contributed by atoms with E-state index < -0.39 is 5.91 Å². The van der Waals surface area contributed by atoms with Crippen LogP contribution in [0.3, 0.4) is 0 Å². The molecule has 0 heterocycles. The summed E-state index contributed by atoms with van der Waals surface area (Å²) in [5, 5.41) is 12.1. The summed E-state index contributed by atoms with van der Waals surface area (Å²) in [5.41, 5.74) is 1.80. The summed E-state index contributed by atoms with van der Waals surface area (Å²) < 4.78 is 5.43. The van der Waals surface area contributed by atoms with Crippen molar-refractivity contribution in [3.63, 3.8) is 0 Å². The number of amides is 1. The molecule has 0 spiro atoms. The van der Waals surface area contributed by atoms with Gasteiger partial charge in [0, 0.05) is 0 Å². The van der Waals surface area contributed by atoms with Gasteiger partial charge in [0.2, 0.25) is 0 Å². The van der Waals surface area contributed by atoms with Crippen molar-refractivity contribution in [3.05, 3.63) is 71.3 Å². The summed E-state index contributed by atoms with van der Waals surface area (Å²) in [4.78, 5) is 12.3. The minimum Gasteiger partial charge on any atom is -0.494 e. The van der Waals surface area contributed by atoms with Crippen molar-refractivity contribution in [1.29, 1.82) is 5.26 Å². The van der Waals surface area contributed by atoms with E-state index >= 15 is 0 Å². The number of carbonyl (C=O) groups excluding carboxylic acids is 1. The average molecular weight is 320 g/mol. The maximum Gasteiger partial charge on any atom is 0.262 e. The summed E-state index contributed by atoms with van der Waals surface area (Å²) in [6, 6.07) is 18.7. The van der Waals surface area contributed by atoms with Crippen molar-refractivity contribution in [1.82, 2.24) is 5.32 Å². The zero-order valence-electron chi connectivity index (χ0n) is 13.8. The highest BCUT2D eigenvalue weighted by molar-refractivity contribution is 6.01. The summed E-state index contributed by atoms with van der Waals surface area (Å²) >= 11 is 0. The van der Waals surface area contributed by atoms with E-state index in [1.165, 1.54) is 0 Å². The van der Waals surface area contributed by atoms with E-state index in [9.17, 15) is 10.1 Å². The molecule has 0 aliphatic carbocycles. The lowest BCUT2D eigenvalue weighted by atomic mass is 10.1. The molecule has 1 atom stereocenters. The van der Waals surface area contributed by atoms with Gasteiger partial charge in [-0.1, -0.05) is 42.5 Å². The molecule has 4 heteroatoms. The van der Waals surface area contributed by atoms with Gasteiger partial charge in [0.15, 0.2) is 0 Å². The molecule has 4 nitrogen and oxygen atoms in total. The third-order valence-electron chi connectivity index (χ3n) is 3.49. The van der Waals surface area contributed by atoms with E-state index in [-0.39, 0.29) is 11.6 Å². The summed E-state index contributed by atoms with van der Waals surface area (Å²) in [6.07, 6.45) is 1.57. The van der Waals surface area contributed by atoms with E-state index in [1.54, 1.807) is 12.1 Å². The molecule has 0 saturated carbocycles. The van der Waals surface area contributed by atoms with Crippen molar-refractivity contribution in [3.8, 4) is 11.8 Å². The van der Waals surface area contributed by atoms with Crippen LogP contribution >= 0.6 is 0 Å². The predicted octanol–water partition coefficient (Wildman–Crippen LogP) is 3.87. The molecule has 0 saturated heterocycles. The Morgan fingerprint density at radius 1 is 1.25 bits per heavy atom. The monoisotopic (exact) mass is 320 g/mol. The van der Waals surface area contributed by atoms with Crippen LogP contribution in [0.4, 0.5) is 0 Å². The molecule has 122 valence electrons. The lowest BCUT2D eigenvalue weighted by Crippen LogP contribution is -2.27. The Morgan fingerprint density at radius 2 is 2.00 bits per heavy atom. The summed E-state index contributed by atoms with van der Waals surface area (Å²) in [7, 11) is 0. The van der Waals surface area contributed by atoms with Gasteiger partial charge in [-0.15, -0.1) is 0 Å². The molecular formula is C20H20N2O2. The van der Waals surface area contributed by atoms with E-state index in [1.807, 2.05) is 68.4 Å². The van der Waals surface area contributed by atoms with Crippen molar-refractivity contribution in [2.75, 3.05) is 6.61 Å². The molecule has 0 aromatic heterocycles. The van der Waals surface area contributed by atoms with Crippen molar-refractivity contribution in [2.24, 2.45) is 0 Å². The number of nitrogens with zero attached hydrogens (tertiary/aromatic N) is 1. The van der Waals surface area contributed by atoms with Gasteiger partial charge < -0.3 is 10.1 Å². The molecule has 0 aliphatic heterocycles. The first-order valence-corrected chi connectivity index (χ1v) is 7.84. The maximum absolute atomic E-state index is 12.3. The fraction of sp³-hybridized carbons (Fsp3) is 0.200. The molecule has 0 radical (unpaired) electrons. The highest BCUT2D eigenvalue weighted by Gasteiger charge is 2.13. The second-order valence-electron chi connectivity index (χ2n) is 5.28. The number of ether oxygens (including phenoxy) is 1. The number of hydrogen-bond donors (Lipinski definition) is 1. The van der Waals surface area contributed by atoms with Crippen LogP contribution < -0.4 is 10.1 Å². The smallest absolute Gasteiger partial charge is 0.262 e. The molecule has 0 unspecified atom stereocenters. The van der Waals surface area contributed by atoms with Crippen LogP contribution in [0.25, 0.3) is 6.08 Å². The van der Waals surface area contributed by atoms with Crippen LogP contribution in [-0.4, -0.2) is 12.5 Å². The quantitative estimate of drug-likeness (QED) is 0.649. The van der Waals surface area contributed by atoms with Gasteiger partial charge in [0.25, 0.3) is 5.91 Å². The fourth-order valence-corrected chi connectivity index (χ4v) is 2.28. The number of rotatable bonds is 6. The molecule has 2 rings (SSSR count). The summed E-state index contributed by atoms with van der Waals surface area (Å²) in [6.45, 7) is 4.35. The van der Waals surface area contributed by atoms with Gasteiger partial charge in [-0.2, -0.15) is 5.26 Å². The lowest BCUT2D eigenvalue weighted by Gasteiger charge is -2.13. The fourth-order valence-electron chi connectivity index (χ4n) is 2.28. The second kappa shape index (κ2) is 8.54. The minimum atomic E-state index is -0.393. The van der Waals surface area contributed by atoms with Gasteiger partial charge >= 0.3 is 0 Å². The van der Waals surface area contributed by atoms with E-state index in [2.05, 4.69) is 5.32 Å². The molecule has 24 heavy (non-hydrogen) atoms. The Kier molecular flexibility index (Phi) is 6.16. The first-order chi connectivity index (χ1) is 11.6. The van der Waals surface area contributed by atoms with Crippen LogP contribution in [0.5, 0.6) is 5.75 Å². The zero-order valence-corrected chi connectivity index (χ0v) is 13.8. The third kappa shape index (κ3) is 4.72. The van der Waals surface area contributed by atoms with Gasteiger partial charge in [-0.05, 0) is 43.2 Å². The molecule has 2 aromatic rings. The van der Waals surface area contributed by atoms with E-state index in [0.717, 1.165) is 11.1 Å². The minimum absolute atomic E-state index is 0.0615. The van der Waals surface area contributed by atoms with Crippen LogP contribution in [0.15, 0.2) is 60.2 Å². The Bertz CT molecular complexity index is 761. The molecular weight excluding hydrogens is 300 g/mol. The van der Waals surface area contributed by atoms with Crippen LogP contribution in [0.2, 0.25) is 0 Å². The van der Waals surface area contributed by atoms with Crippen LogP contribution in [-0.2, 0) is 4.79 Å². The normalized spacial score (nSPS) is 12.1. The van der Waals surface area contributed by atoms with E-state index in [0.29, 0.717) is 12.4 Å². The molecule has 0 aliphatic rings. The molecule has 2 aromatic carbocycles. The zero-order chi connectivity index (χ0) is 17.4. The molecule has 1 amide bonds. The average Bonchev–Trinajstić information content (AvgIpc) is 2.61. The lowest BCUT2D eigenvalue weighted by molar-refractivity contribution is -0.117. The maximum atomic E-state index is 12.3. The summed E-state index contributed by atoms with van der Waals surface area (Å²) in [5.74, 6) is 0.317. The highest BCUT2D eigenvalue weighted by atomic mass is 16.5. The van der Waals surface area contributed by atoms with Crippen LogP contribution in [0.1, 0.15) is 31.0 Å². The Labute approximate surface area is 142 Å². The number of carbonyl (C=O) groups is 1. The molecule has 0 bridgehead atoms.